The maximum absolute atomic E-state index is 12.6. The van der Waals surface area contributed by atoms with E-state index in [0.717, 1.165) is 45.4 Å². The van der Waals surface area contributed by atoms with Crippen molar-refractivity contribution in [2.75, 3.05) is 11.9 Å². The number of thiazole rings is 1. The summed E-state index contributed by atoms with van der Waals surface area (Å²) in [6.07, 6.45) is 3.20. The van der Waals surface area contributed by atoms with Crippen LogP contribution in [0.4, 0.5) is 11.6 Å². The molecular weight excluding hydrogens is 474 g/mol. The van der Waals surface area contributed by atoms with Crippen molar-refractivity contribution in [3.8, 4) is 11.3 Å². The molecule has 1 amide bonds. The summed E-state index contributed by atoms with van der Waals surface area (Å²) in [4.78, 5) is 26.5. The Morgan fingerprint density at radius 2 is 2.00 bits per heavy atom. The first-order valence-electron chi connectivity index (χ1n) is 11.8. The highest BCUT2D eigenvalue weighted by Gasteiger charge is 2.20. The van der Waals surface area contributed by atoms with Crippen molar-refractivity contribution in [2.45, 2.75) is 52.8 Å². The molecule has 5 rings (SSSR count). The molecular formula is C26H29N7O2S. The highest BCUT2D eigenvalue weighted by Crippen LogP contribution is 2.27. The molecule has 0 aliphatic carbocycles. The second-order valence-electron chi connectivity index (χ2n) is 9.81. The molecule has 9 nitrogen and oxygen atoms in total. The van der Waals surface area contributed by atoms with Crippen molar-refractivity contribution in [3.63, 3.8) is 0 Å². The number of carbonyl (C=O) groups is 1. The summed E-state index contributed by atoms with van der Waals surface area (Å²) < 4.78 is 7.44. The fourth-order valence-corrected chi connectivity index (χ4v) is 4.80. The summed E-state index contributed by atoms with van der Waals surface area (Å²) in [5, 5.41) is 11.8. The van der Waals surface area contributed by atoms with Crippen molar-refractivity contribution in [3.05, 3.63) is 69.6 Å². The third-order valence-electron chi connectivity index (χ3n) is 5.93. The van der Waals surface area contributed by atoms with Gasteiger partial charge in [-0.3, -0.25) is 9.48 Å². The molecule has 0 bridgehead atoms. The molecule has 0 atom stereocenters. The van der Waals surface area contributed by atoms with Crippen LogP contribution in [-0.4, -0.2) is 37.2 Å². The molecule has 1 aromatic carbocycles. The average molecular weight is 504 g/mol. The molecule has 186 valence electrons. The number of anilines is 2. The van der Waals surface area contributed by atoms with Crippen LogP contribution in [0.3, 0.4) is 0 Å². The molecule has 10 heteroatoms. The molecule has 0 saturated heterocycles. The van der Waals surface area contributed by atoms with Crippen LogP contribution >= 0.6 is 11.3 Å². The van der Waals surface area contributed by atoms with Gasteiger partial charge in [-0.15, -0.1) is 11.3 Å². The number of aromatic nitrogens is 5. The minimum absolute atomic E-state index is 0.0704. The Hall–Kier alpha value is -3.63. The highest BCUT2D eigenvalue weighted by atomic mass is 32.1. The van der Waals surface area contributed by atoms with Crippen molar-refractivity contribution < 1.29 is 9.53 Å². The van der Waals surface area contributed by atoms with Gasteiger partial charge in [-0.25, -0.2) is 15.0 Å². The molecule has 4 heterocycles. The van der Waals surface area contributed by atoms with Crippen LogP contribution < -0.4 is 10.6 Å². The molecule has 0 fully saturated rings. The normalized spacial score (nSPS) is 13.3. The first-order chi connectivity index (χ1) is 17.3. The predicted octanol–water partition coefficient (Wildman–Crippen LogP) is 4.61. The van der Waals surface area contributed by atoms with Crippen LogP contribution in [0.5, 0.6) is 0 Å². The molecule has 36 heavy (non-hydrogen) atoms. The Labute approximate surface area is 214 Å². The molecule has 1 aliphatic rings. The first-order valence-corrected chi connectivity index (χ1v) is 12.7. The Morgan fingerprint density at radius 1 is 1.14 bits per heavy atom. The van der Waals surface area contributed by atoms with Crippen LogP contribution in [0, 0.1) is 6.92 Å². The molecule has 0 unspecified atom stereocenters. The Bertz CT molecular complexity index is 1380. The van der Waals surface area contributed by atoms with Gasteiger partial charge in [0, 0.05) is 29.7 Å². The van der Waals surface area contributed by atoms with E-state index in [1.54, 1.807) is 12.5 Å². The number of nitrogens with zero attached hydrogens (tertiary/aromatic N) is 5. The summed E-state index contributed by atoms with van der Waals surface area (Å²) in [6, 6.07) is 9.99. The maximum Gasteiger partial charge on any atom is 0.263 e. The van der Waals surface area contributed by atoms with Gasteiger partial charge in [0.2, 0.25) is 0 Å². The zero-order valence-corrected chi connectivity index (χ0v) is 21.6. The Balaban J connectivity index is 1.25. The fraction of sp³-hybridized carbons (Fsp3) is 0.346. The van der Waals surface area contributed by atoms with Gasteiger partial charge in [0.1, 0.15) is 17.0 Å². The van der Waals surface area contributed by atoms with Crippen molar-refractivity contribution in [2.24, 2.45) is 0 Å². The quantitative estimate of drug-likeness (QED) is 0.396. The van der Waals surface area contributed by atoms with Crippen LogP contribution in [0.25, 0.3) is 11.3 Å². The number of aryl methyl sites for hydroxylation is 1. The molecule has 3 aromatic heterocycles. The van der Waals surface area contributed by atoms with Crippen LogP contribution in [-0.2, 0) is 29.8 Å². The number of rotatable bonds is 6. The topological polar surface area (TPSA) is 107 Å². The molecule has 0 saturated carbocycles. The highest BCUT2D eigenvalue weighted by molar-refractivity contribution is 7.13. The van der Waals surface area contributed by atoms with Crippen LogP contribution in [0.2, 0.25) is 0 Å². The second kappa shape index (κ2) is 9.79. The minimum Gasteiger partial charge on any atom is -0.373 e. The van der Waals surface area contributed by atoms with Crippen LogP contribution in [0.15, 0.2) is 42.9 Å². The number of carbonyl (C=O) groups excluding carboxylic acids is 1. The van der Waals surface area contributed by atoms with Gasteiger partial charge in [-0.05, 0) is 24.1 Å². The van der Waals surface area contributed by atoms with Crippen molar-refractivity contribution in [1.29, 1.82) is 0 Å². The predicted molar refractivity (Wildman–Crippen MR) is 139 cm³/mol. The van der Waals surface area contributed by atoms with Gasteiger partial charge in [0.05, 0.1) is 42.4 Å². The number of benzene rings is 1. The van der Waals surface area contributed by atoms with E-state index < -0.39 is 0 Å². The van der Waals surface area contributed by atoms with E-state index in [9.17, 15) is 4.79 Å². The Kier molecular flexibility index (Phi) is 6.55. The zero-order valence-electron chi connectivity index (χ0n) is 20.8. The molecule has 0 spiro atoms. The number of ether oxygens (including phenoxy) is 1. The fourth-order valence-electron chi connectivity index (χ4n) is 3.91. The van der Waals surface area contributed by atoms with Gasteiger partial charge < -0.3 is 15.4 Å². The van der Waals surface area contributed by atoms with Crippen molar-refractivity contribution >= 4 is 28.9 Å². The van der Waals surface area contributed by atoms with Gasteiger partial charge in [-0.1, -0.05) is 32.9 Å². The first kappa shape index (κ1) is 24.1. The average Bonchev–Trinajstić information content (AvgIpc) is 3.50. The summed E-state index contributed by atoms with van der Waals surface area (Å²) in [7, 11) is 0. The van der Waals surface area contributed by atoms with E-state index in [1.807, 2.05) is 35.9 Å². The number of fused-ring (bicyclic) bond motifs is 1. The van der Waals surface area contributed by atoms with E-state index >= 15 is 0 Å². The minimum atomic E-state index is -0.106. The van der Waals surface area contributed by atoms with E-state index in [0.29, 0.717) is 30.5 Å². The van der Waals surface area contributed by atoms with E-state index in [-0.39, 0.29) is 11.3 Å². The zero-order chi connectivity index (χ0) is 25.3. The number of hydrogen-bond acceptors (Lipinski definition) is 8. The summed E-state index contributed by atoms with van der Waals surface area (Å²) >= 11 is 1.44. The van der Waals surface area contributed by atoms with Gasteiger partial charge in [0.15, 0.2) is 5.82 Å². The molecule has 2 N–H and O–H groups in total. The van der Waals surface area contributed by atoms with Gasteiger partial charge >= 0.3 is 0 Å². The van der Waals surface area contributed by atoms with Gasteiger partial charge in [0.25, 0.3) is 5.91 Å². The second-order valence-corrected chi connectivity index (χ2v) is 10.8. The number of nitrogens with one attached hydrogen (secondary N) is 2. The van der Waals surface area contributed by atoms with Gasteiger partial charge in [-0.2, -0.15) is 5.10 Å². The van der Waals surface area contributed by atoms with E-state index in [4.69, 9.17) is 4.74 Å². The molecule has 1 aliphatic heterocycles. The third kappa shape index (κ3) is 5.29. The lowest BCUT2D eigenvalue weighted by Gasteiger charge is -2.13. The van der Waals surface area contributed by atoms with Crippen molar-refractivity contribution in [1.82, 2.24) is 30.0 Å². The summed E-state index contributed by atoms with van der Waals surface area (Å²) in [6.45, 7) is 10.7. The standard InChI is InChI=1S/C26H29N7O2S/c1-16-9-17(5-6-18(16)12-27-24(34)21-13-28-25(36-21)26(2,3)4)20-11-22(30-15-29-20)31-23-10-19-14-35-8-7-33(19)32-23/h5-6,9-11,13,15H,7-8,12,14H2,1-4H3,(H,27,34)(H,29,30,31,32). The maximum atomic E-state index is 12.6. The lowest BCUT2D eigenvalue weighted by molar-refractivity contribution is 0.0801. The smallest absolute Gasteiger partial charge is 0.263 e. The number of amides is 1. The summed E-state index contributed by atoms with van der Waals surface area (Å²) in [5.74, 6) is 1.30. The Morgan fingerprint density at radius 3 is 2.75 bits per heavy atom. The monoisotopic (exact) mass is 503 g/mol. The lowest BCUT2D eigenvalue weighted by atomic mass is 9.98. The number of hydrogen-bond donors (Lipinski definition) is 2. The molecule has 0 radical (unpaired) electrons. The van der Waals surface area contributed by atoms with Crippen LogP contribution in [0.1, 0.15) is 52.3 Å². The molecule has 4 aromatic rings. The lowest BCUT2D eigenvalue weighted by Crippen LogP contribution is -2.22. The third-order valence-corrected chi connectivity index (χ3v) is 7.35. The summed E-state index contributed by atoms with van der Waals surface area (Å²) in [5.41, 5.74) is 4.87. The van der Waals surface area contributed by atoms with E-state index in [2.05, 4.69) is 57.5 Å². The largest absolute Gasteiger partial charge is 0.373 e. The SMILES string of the molecule is Cc1cc(-c2cc(Nc3cc4n(n3)CCOC4)ncn2)ccc1CNC(=O)c1cnc(C(C)(C)C)s1. The van der Waals surface area contributed by atoms with E-state index in [1.165, 1.54) is 11.3 Å².